The summed E-state index contributed by atoms with van der Waals surface area (Å²) in [6.45, 7) is 2.00. The molecule has 6 N–H and O–H groups in total. The number of aryl methyl sites for hydroxylation is 1. The molecule has 9 nitrogen and oxygen atoms in total. The first kappa shape index (κ1) is 19.6. The van der Waals surface area contributed by atoms with Gasteiger partial charge in [0, 0.05) is 5.56 Å². The van der Waals surface area contributed by atoms with Crippen LogP contribution in [0.2, 0.25) is 0 Å². The molecule has 0 radical (unpaired) electrons. The average Bonchev–Trinajstić information content (AvgIpc) is 2.74. The van der Waals surface area contributed by atoms with Crippen molar-refractivity contribution < 1.29 is 4.74 Å². The molecule has 1 aliphatic heterocycles. The van der Waals surface area contributed by atoms with Crippen molar-refractivity contribution in [3.63, 3.8) is 0 Å². The summed E-state index contributed by atoms with van der Waals surface area (Å²) in [7, 11) is 0. The van der Waals surface area contributed by atoms with E-state index in [1.807, 2.05) is 67.7 Å². The summed E-state index contributed by atoms with van der Waals surface area (Å²) < 4.78 is 5.91. The van der Waals surface area contributed by atoms with Crippen molar-refractivity contribution in [3.05, 3.63) is 70.8 Å². The molecule has 0 bridgehead atoms. The summed E-state index contributed by atoms with van der Waals surface area (Å²) in [6.07, 6.45) is 1.83. The maximum Gasteiger partial charge on any atom is 0.211 e. The monoisotopic (exact) mass is 410 g/mol. The van der Waals surface area contributed by atoms with E-state index in [0.717, 1.165) is 16.9 Å². The number of fused-ring (bicyclic) bond motifs is 1. The number of nitrogens with two attached hydrogens (primary N) is 2. The summed E-state index contributed by atoms with van der Waals surface area (Å²) in [5.41, 5.74) is 14.8. The minimum Gasteiger partial charge on any atom is -0.457 e. The number of aliphatic imine (C=N–C) groups is 1. The molecule has 0 amide bonds. The molecule has 152 valence electrons. The maximum atomic E-state index is 9.41. The zero-order valence-electron chi connectivity index (χ0n) is 16.5. The SMILES string of the molecule is Cc1cccc(Oc2ccc(C3N=C(NC#N)Nc4nc(N)c(C#N)c(N)c43)cc2)c1. The Labute approximate surface area is 178 Å². The van der Waals surface area contributed by atoms with Crippen LogP contribution in [-0.2, 0) is 0 Å². The summed E-state index contributed by atoms with van der Waals surface area (Å²) in [5, 5.41) is 23.8. The summed E-state index contributed by atoms with van der Waals surface area (Å²) in [5.74, 6) is 1.94. The van der Waals surface area contributed by atoms with Gasteiger partial charge in [-0.05, 0) is 42.3 Å². The van der Waals surface area contributed by atoms with Gasteiger partial charge in [-0.1, -0.05) is 24.3 Å². The van der Waals surface area contributed by atoms with Crippen LogP contribution in [0.1, 0.15) is 28.3 Å². The minimum absolute atomic E-state index is 0.00473. The van der Waals surface area contributed by atoms with Crippen LogP contribution in [0.25, 0.3) is 0 Å². The third-order valence-corrected chi connectivity index (χ3v) is 4.78. The minimum atomic E-state index is -0.597. The van der Waals surface area contributed by atoms with Crippen molar-refractivity contribution in [1.82, 2.24) is 10.3 Å². The van der Waals surface area contributed by atoms with Gasteiger partial charge in [0.1, 0.15) is 40.8 Å². The van der Waals surface area contributed by atoms with Crippen LogP contribution in [0, 0.1) is 29.7 Å². The number of benzene rings is 2. The van der Waals surface area contributed by atoms with Gasteiger partial charge in [0.05, 0.1) is 5.69 Å². The summed E-state index contributed by atoms with van der Waals surface area (Å²) >= 11 is 0. The molecule has 0 aliphatic carbocycles. The normalized spacial score (nSPS) is 14.3. The Hall–Kier alpha value is -4.76. The molecule has 0 fully saturated rings. The van der Waals surface area contributed by atoms with E-state index in [9.17, 15) is 5.26 Å². The zero-order chi connectivity index (χ0) is 22.0. The van der Waals surface area contributed by atoms with E-state index in [2.05, 4.69) is 20.6 Å². The number of guanidine groups is 1. The second kappa shape index (κ2) is 7.93. The fraction of sp³-hybridized carbons (Fsp3) is 0.0909. The highest BCUT2D eigenvalue weighted by Gasteiger charge is 2.29. The smallest absolute Gasteiger partial charge is 0.211 e. The molecule has 0 spiro atoms. The molecular formula is C22H18N8O. The number of hydrogen-bond donors (Lipinski definition) is 4. The van der Waals surface area contributed by atoms with E-state index < -0.39 is 6.04 Å². The lowest BCUT2D eigenvalue weighted by atomic mass is 9.95. The molecule has 1 atom stereocenters. The number of ether oxygens (including phenoxy) is 1. The highest BCUT2D eigenvalue weighted by Crippen LogP contribution is 2.40. The number of nitrogens with zero attached hydrogens (tertiary/aromatic N) is 4. The van der Waals surface area contributed by atoms with E-state index in [-0.39, 0.29) is 23.0 Å². The van der Waals surface area contributed by atoms with E-state index >= 15 is 0 Å². The number of nitriles is 2. The van der Waals surface area contributed by atoms with Crippen molar-refractivity contribution in [1.29, 1.82) is 10.5 Å². The lowest BCUT2D eigenvalue weighted by Gasteiger charge is -2.26. The molecule has 31 heavy (non-hydrogen) atoms. The van der Waals surface area contributed by atoms with Crippen LogP contribution in [0.15, 0.2) is 53.5 Å². The van der Waals surface area contributed by atoms with Crippen molar-refractivity contribution in [3.8, 4) is 23.8 Å². The number of hydrogen-bond acceptors (Lipinski definition) is 9. The summed E-state index contributed by atoms with van der Waals surface area (Å²) in [6, 6.07) is 16.5. The molecule has 1 aromatic heterocycles. The molecule has 3 aromatic rings. The Morgan fingerprint density at radius 2 is 1.87 bits per heavy atom. The van der Waals surface area contributed by atoms with Crippen LogP contribution in [0.3, 0.4) is 0 Å². The van der Waals surface area contributed by atoms with Gasteiger partial charge in [-0.25, -0.2) is 9.98 Å². The number of nitrogen functional groups attached to an aromatic ring is 2. The van der Waals surface area contributed by atoms with E-state index in [0.29, 0.717) is 17.1 Å². The first-order valence-corrected chi connectivity index (χ1v) is 9.33. The van der Waals surface area contributed by atoms with Gasteiger partial charge < -0.3 is 21.5 Å². The van der Waals surface area contributed by atoms with Crippen LogP contribution < -0.4 is 26.8 Å². The van der Waals surface area contributed by atoms with Gasteiger partial charge in [-0.2, -0.15) is 10.5 Å². The van der Waals surface area contributed by atoms with Crippen LogP contribution in [0.4, 0.5) is 17.3 Å². The second-order valence-electron chi connectivity index (χ2n) is 6.89. The predicted octanol–water partition coefficient (Wildman–Crippen LogP) is 3.16. The van der Waals surface area contributed by atoms with Crippen molar-refractivity contribution >= 4 is 23.3 Å². The van der Waals surface area contributed by atoms with Crippen LogP contribution in [-0.4, -0.2) is 10.9 Å². The maximum absolute atomic E-state index is 9.41. The van der Waals surface area contributed by atoms with Gasteiger partial charge >= 0.3 is 0 Å². The van der Waals surface area contributed by atoms with Crippen LogP contribution in [0.5, 0.6) is 11.5 Å². The molecular weight excluding hydrogens is 392 g/mol. The van der Waals surface area contributed by atoms with Gasteiger partial charge in [0.15, 0.2) is 6.19 Å². The Bertz CT molecular complexity index is 1270. The standard InChI is InChI=1S/C22H18N8O/c1-12-3-2-4-15(9-12)31-14-7-5-13(6-8-14)19-17-18(25)16(10-23)20(26)29-21(17)30-22(28-19)27-11-24/h2-9,19H,1H3,(H6,25,26,27,28,29,30). The number of pyridine rings is 1. The lowest BCUT2D eigenvalue weighted by Crippen LogP contribution is -2.32. The highest BCUT2D eigenvalue weighted by atomic mass is 16.5. The molecule has 2 heterocycles. The third kappa shape index (κ3) is 3.76. The van der Waals surface area contributed by atoms with E-state index in [4.69, 9.17) is 21.5 Å². The van der Waals surface area contributed by atoms with Gasteiger partial charge in [0.2, 0.25) is 5.96 Å². The lowest BCUT2D eigenvalue weighted by molar-refractivity contribution is 0.482. The molecule has 1 aliphatic rings. The zero-order valence-corrected chi connectivity index (χ0v) is 16.5. The highest BCUT2D eigenvalue weighted by molar-refractivity contribution is 5.98. The largest absolute Gasteiger partial charge is 0.457 e. The number of anilines is 3. The van der Waals surface area contributed by atoms with Crippen LogP contribution >= 0.6 is 0 Å². The fourth-order valence-electron chi connectivity index (χ4n) is 3.36. The molecule has 1 unspecified atom stereocenters. The Morgan fingerprint density at radius 1 is 1.10 bits per heavy atom. The Morgan fingerprint density at radius 3 is 2.55 bits per heavy atom. The topological polar surface area (TPSA) is 158 Å². The van der Waals surface area contributed by atoms with Crippen molar-refractivity contribution in [2.24, 2.45) is 4.99 Å². The van der Waals surface area contributed by atoms with Gasteiger partial charge in [-0.3, -0.25) is 5.32 Å². The second-order valence-corrected chi connectivity index (χ2v) is 6.89. The molecule has 0 saturated carbocycles. The number of aromatic nitrogens is 1. The predicted molar refractivity (Wildman–Crippen MR) is 117 cm³/mol. The Balaban J connectivity index is 1.73. The molecule has 9 heteroatoms. The average molecular weight is 410 g/mol. The van der Waals surface area contributed by atoms with Gasteiger partial charge in [-0.15, -0.1) is 0 Å². The van der Waals surface area contributed by atoms with Crippen molar-refractivity contribution in [2.45, 2.75) is 13.0 Å². The fourth-order valence-corrected chi connectivity index (χ4v) is 3.36. The molecule has 4 rings (SSSR count). The first-order valence-electron chi connectivity index (χ1n) is 9.33. The molecule has 2 aromatic carbocycles. The van der Waals surface area contributed by atoms with Gasteiger partial charge in [0.25, 0.3) is 0 Å². The van der Waals surface area contributed by atoms with E-state index in [1.54, 1.807) is 0 Å². The third-order valence-electron chi connectivity index (χ3n) is 4.78. The van der Waals surface area contributed by atoms with Crippen molar-refractivity contribution in [2.75, 3.05) is 16.8 Å². The Kier molecular flexibility index (Phi) is 5.00. The first-order chi connectivity index (χ1) is 15.0. The summed E-state index contributed by atoms with van der Waals surface area (Å²) in [4.78, 5) is 8.78. The number of nitrogens with one attached hydrogen (secondary N) is 2. The number of rotatable bonds is 3. The quantitative estimate of drug-likeness (QED) is 0.378. The molecule has 0 saturated heterocycles. The van der Waals surface area contributed by atoms with E-state index in [1.165, 1.54) is 0 Å².